The lowest BCUT2D eigenvalue weighted by atomic mass is 10.0. The number of Topliss-reactive ketones (excluding diaryl/α,β-unsaturated/α-hetero) is 1. The molecule has 0 fully saturated rings. The van der Waals surface area contributed by atoms with Gasteiger partial charge in [0.25, 0.3) is 11.8 Å². The van der Waals surface area contributed by atoms with Crippen molar-refractivity contribution in [3.8, 4) is 22.0 Å². The summed E-state index contributed by atoms with van der Waals surface area (Å²) in [5.74, 6) is -2.50. The van der Waals surface area contributed by atoms with Crippen LogP contribution in [0.3, 0.4) is 0 Å². The lowest BCUT2D eigenvalue weighted by molar-refractivity contribution is -0.137. The molecule has 2 amide bonds. The van der Waals surface area contributed by atoms with Gasteiger partial charge in [-0.3, -0.25) is 19.4 Å². The minimum Gasteiger partial charge on any atom is -0.363 e. The summed E-state index contributed by atoms with van der Waals surface area (Å²) >= 11 is 1.44. The molecule has 0 spiro atoms. The standard InChI is InChI=1S/C25H20N4O3S/c26-23(31)22(30)19(14-16-8-3-1-4-9-16)28-24(32)18-12-7-13-27-21(18)20-15-33-25(29-20)17-10-5-2-6-11-17/h1-13,15,19H,14H2,(H2,26,31)(H,28,32). The van der Waals surface area contributed by atoms with Gasteiger partial charge in [0.2, 0.25) is 5.78 Å². The van der Waals surface area contributed by atoms with Gasteiger partial charge >= 0.3 is 0 Å². The SMILES string of the molecule is NC(=O)C(=O)C(Cc1ccccc1)NC(=O)c1cccnc1-c1csc(-c2ccccc2)n1. The number of nitrogens with zero attached hydrogens (tertiary/aromatic N) is 2. The van der Waals surface area contributed by atoms with E-state index in [4.69, 9.17) is 5.73 Å². The maximum atomic E-state index is 13.2. The van der Waals surface area contributed by atoms with E-state index >= 15 is 0 Å². The summed E-state index contributed by atoms with van der Waals surface area (Å²) in [5, 5.41) is 5.29. The third kappa shape index (κ3) is 5.19. The number of carbonyl (C=O) groups excluding carboxylic acids is 3. The molecule has 0 radical (unpaired) electrons. The Morgan fingerprint density at radius 2 is 1.64 bits per heavy atom. The van der Waals surface area contributed by atoms with Gasteiger partial charge in [-0.05, 0) is 17.7 Å². The van der Waals surface area contributed by atoms with Crippen LogP contribution in [0, 0.1) is 0 Å². The predicted octanol–water partition coefficient (Wildman–Crippen LogP) is 3.27. The van der Waals surface area contributed by atoms with Crippen LogP contribution in [0.15, 0.2) is 84.4 Å². The normalized spacial score (nSPS) is 11.5. The number of aromatic nitrogens is 2. The van der Waals surface area contributed by atoms with Crippen molar-refractivity contribution in [2.75, 3.05) is 0 Å². The first-order valence-corrected chi connectivity index (χ1v) is 11.1. The summed E-state index contributed by atoms with van der Waals surface area (Å²) in [5.41, 5.74) is 8.16. The van der Waals surface area contributed by atoms with E-state index in [1.807, 2.05) is 66.0 Å². The van der Waals surface area contributed by atoms with Crippen LogP contribution in [0.25, 0.3) is 22.0 Å². The van der Waals surface area contributed by atoms with Gasteiger partial charge < -0.3 is 11.1 Å². The average Bonchev–Trinajstić information content (AvgIpc) is 3.34. The molecule has 4 rings (SSSR count). The molecule has 2 heterocycles. The summed E-state index contributed by atoms with van der Waals surface area (Å²) in [6.45, 7) is 0. The van der Waals surface area contributed by atoms with E-state index < -0.39 is 23.6 Å². The molecule has 8 heteroatoms. The van der Waals surface area contributed by atoms with Crippen molar-refractivity contribution >= 4 is 28.9 Å². The zero-order valence-corrected chi connectivity index (χ0v) is 18.3. The van der Waals surface area contributed by atoms with E-state index in [9.17, 15) is 14.4 Å². The first-order chi connectivity index (χ1) is 16.0. The van der Waals surface area contributed by atoms with E-state index in [-0.39, 0.29) is 12.0 Å². The zero-order valence-electron chi connectivity index (χ0n) is 17.5. The lowest BCUT2D eigenvalue weighted by Crippen LogP contribution is -2.47. The van der Waals surface area contributed by atoms with Crippen molar-refractivity contribution in [2.45, 2.75) is 12.5 Å². The molecule has 3 N–H and O–H groups in total. The number of carbonyl (C=O) groups is 3. The maximum Gasteiger partial charge on any atom is 0.287 e. The molecule has 7 nitrogen and oxygen atoms in total. The summed E-state index contributed by atoms with van der Waals surface area (Å²) in [4.78, 5) is 46.1. The van der Waals surface area contributed by atoms with Gasteiger partial charge in [-0.2, -0.15) is 0 Å². The Balaban J connectivity index is 1.61. The molecule has 1 unspecified atom stereocenters. The Labute approximate surface area is 194 Å². The fourth-order valence-corrected chi connectivity index (χ4v) is 4.17. The third-order valence-electron chi connectivity index (χ3n) is 4.97. The number of nitrogens with two attached hydrogens (primary N) is 1. The van der Waals surface area contributed by atoms with Crippen LogP contribution in [0.4, 0.5) is 0 Å². The molecule has 0 bridgehead atoms. The van der Waals surface area contributed by atoms with Crippen LogP contribution < -0.4 is 11.1 Å². The van der Waals surface area contributed by atoms with Gasteiger partial charge in [-0.25, -0.2) is 4.98 Å². The first-order valence-electron chi connectivity index (χ1n) is 10.2. The number of benzene rings is 2. The highest BCUT2D eigenvalue weighted by Crippen LogP contribution is 2.29. The van der Waals surface area contributed by atoms with Crippen molar-refractivity contribution in [1.82, 2.24) is 15.3 Å². The van der Waals surface area contributed by atoms with Gasteiger partial charge in [0.1, 0.15) is 22.4 Å². The minimum atomic E-state index is -1.10. The summed E-state index contributed by atoms with van der Waals surface area (Å²) < 4.78 is 0. The van der Waals surface area contributed by atoms with E-state index in [2.05, 4.69) is 15.3 Å². The molecule has 0 aliphatic rings. The van der Waals surface area contributed by atoms with Gasteiger partial charge in [-0.15, -0.1) is 11.3 Å². The van der Waals surface area contributed by atoms with Crippen molar-refractivity contribution in [3.63, 3.8) is 0 Å². The Hall–Kier alpha value is -4.17. The quantitative estimate of drug-likeness (QED) is 0.395. The number of hydrogen-bond acceptors (Lipinski definition) is 6. The molecular weight excluding hydrogens is 436 g/mol. The van der Waals surface area contributed by atoms with Crippen LogP contribution in [0.2, 0.25) is 0 Å². The van der Waals surface area contributed by atoms with Gasteiger partial charge in [0, 0.05) is 23.6 Å². The second-order valence-electron chi connectivity index (χ2n) is 7.25. The van der Waals surface area contributed by atoms with Crippen LogP contribution in [0.1, 0.15) is 15.9 Å². The third-order valence-corrected chi connectivity index (χ3v) is 5.86. The summed E-state index contributed by atoms with van der Waals surface area (Å²) in [6, 6.07) is 20.9. The van der Waals surface area contributed by atoms with Gasteiger partial charge in [0.15, 0.2) is 0 Å². The Morgan fingerprint density at radius 1 is 0.939 bits per heavy atom. The molecule has 0 aliphatic heterocycles. The molecule has 1 atom stereocenters. The number of amides is 2. The topological polar surface area (TPSA) is 115 Å². The molecule has 33 heavy (non-hydrogen) atoms. The van der Waals surface area contributed by atoms with Crippen molar-refractivity contribution in [2.24, 2.45) is 5.73 Å². The summed E-state index contributed by atoms with van der Waals surface area (Å²) in [6.07, 6.45) is 1.71. The smallest absolute Gasteiger partial charge is 0.287 e. The number of thiazole rings is 1. The number of pyridine rings is 1. The fourth-order valence-electron chi connectivity index (χ4n) is 3.36. The van der Waals surface area contributed by atoms with Crippen LogP contribution >= 0.6 is 11.3 Å². The molecule has 0 saturated carbocycles. The molecule has 0 aliphatic carbocycles. The molecule has 0 saturated heterocycles. The minimum absolute atomic E-state index is 0.138. The maximum absolute atomic E-state index is 13.2. The van der Waals surface area contributed by atoms with E-state index in [0.717, 1.165) is 16.1 Å². The number of ketones is 1. The van der Waals surface area contributed by atoms with E-state index in [1.54, 1.807) is 18.3 Å². The van der Waals surface area contributed by atoms with E-state index in [1.165, 1.54) is 11.3 Å². The molecule has 2 aromatic carbocycles. The van der Waals surface area contributed by atoms with Crippen LogP contribution in [0.5, 0.6) is 0 Å². The van der Waals surface area contributed by atoms with Crippen molar-refractivity contribution in [1.29, 1.82) is 0 Å². The second-order valence-corrected chi connectivity index (χ2v) is 8.11. The Morgan fingerprint density at radius 3 is 2.33 bits per heavy atom. The highest BCUT2D eigenvalue weighted by atomic mass is 32.1. The first kappa shape index (κ1) is 22.0. The lowest BCUT2D eigenvalue weighted by Gasteiger charge is -2.17. The van der Waals surface area contributed by atoms with Crippen LogP contribution in [-0.2, 0) is 16.0 Å². The second kappa shape index (κ2) is 9.97. The molecular formula is C25H20N4O3S. The van der Waals surface area contributed by atoms with Gasteiger partial charge in [-0.1, -0.05) is 60.7 Å². The molecule has 4 aromatic rings. The average molecular weight is 457 g/mol. The number of rotatable bonds is 8. The highest BCUT2D eigenvalue weighted by Gasteiger charge is 2.27. The molecule has 2 aromatic heterocycles. The highest BCUT2D eigenvalue weighted by molar-refractivity contribution is 7.13. The predicted molar refractivity (Wildman–Crippen MR) is 126 cm³/mol. The monoisotopic (exact) mass is 456 g/mol. The fraction of sp³-hybridized carbons (Fsp3) is 0.0800. The van der Waals surface area contributed by atoms with Gasteiger partial charge in [0.05, 0.1) is 5.56 Å². The number of nitrogens with one attached hydrogen (secondary N) is 1. The Kier molecular flexibility index (Phi) is 6.66. The van der Waals surface area contributed by atoms with E-state index in [0.29, 0.717) is 11.4 Å². The van der Waals surface area contributed by atoms with Crippen LogP contribution in [-0.4, -0.2) is 33.6 Å². The number of hydrogen-bond donors (Lipinski definition) is 2. The molecule has 164 valence electrons. The van der Waals surface area contributed by atoms with Crippen molar-refractivity contribution in [3.05, 3.63) is 95.5 Å². The summed E-state index contributed by atoms with van der Waals surface area (Å²) in [7, 11) is 0. The zero-order chi connectivity index (χ0) is 23.2. The van der Waals surface area contributed by atoms with Crippen molar-refractivity contribution < 1.29 is 14.4 Å². The Bertz CT molecular complexity index is 1290. The largest absolute Gasteiger partial charge is 0.363 e. The number of primary amides is 1.